The lowest BCUT2D eigenvalue weighted by atomic mass is 9.97. The van der Waals surface area contributed by atoms with Gasteiger partial charge < -0.3 is 10.1 Å². The fourth-order valence-corrected chi connectivity index (χ4v) is 3.45. The van der Waals surface area contributed by atoms with Crippen LogP contribution in [0.15, 0.2) is 24.3 Å². The van der Waals surface area contributed by atoms with Crippen LogP contribution in [-0.2, 0) is 22.4 Å². The van der Waals surface area contributed by atoms with Gasteiger partial charge in [0.2, 0.25) is 0 Å². The fourth-order valence-electron chi connectivity index (χ4n) is 3.45. The van der Waals surface area contributed by atoms with E-state index in [4.69, 9.17) is 9.72 Å². The molecular weight excluding hydrogens is 340 g/mol. The van der Waals surface area contributed by atoms with Crippen LogP contribution in [-0.4, -0.2) is 29.5 Å². The van der Waals surface area contributed by atoms with Crippen molar-refractivity contribution in [1.29, 1.82) is 0 Å². The van der Waals surface area contributed by atoms with E-state index in [1.165, 1.54) is 0 Å². The molecule has 0 aliphatic heterocycles. The number of carbonyl (C=O) groups is 2. The Morgan fingerprint density at radius 2 is 1.85 bits per heavy atom. The molecule has 1 N–H and O–H groups in total. The molecule has 1 amide bonds. The first kappa shape index (κ1) is 19.3. The second-order valence-corrected chi connectivity index (χ2v) is 7.67. The molecule has 0 bridgehead atoms. The number of nitrogens with zero attached hydrogens (tertiary/aromatic N) is 1. The molecule has 0 saturated carbocycles. The molecule has 1 heterocycles. The number of benzene rings is 1. The maximum atomic E-state index is 12.9. The summed E-state index contributed by atoms with van der Waals surface area (Å²) in [6.07, 6.45) is 4.97. The van der Waals surface area contributed by atoms with Crippen LogP contribution in [0.2, 0.25) is 0 Å². The van der Waals surface area contributed by atoms with Gasteiger partial charge in [-0.15, -0.1) is 0 Å². The van der Waals surface area contributed by atoms with E-state index in [0.717, 1.165) is 54.3 Å². The van der Waals surface area contributed by atoms with E-state index in [1.807, 2.05) is 45.0 Å². The van der Waals surface area contributed by atoms with Crippen LogP contribution in [0.25, 0.3) is 10.9 Å². The van der Waals surface area contributed by atoms with Crippen LogP contribution in [0.5, 0.6) is 0 Å². The number of carbonyl (C=O) groups excluding carboxylic acids is 2. The van der Waals surface area contributed by atoms with Crippen LogP contribution < -0.4 is 5.32 Å². The van der Waals surface area contributed by atoms with Gasteiger partial charge in [-0.2, -0.15) is 0 Å². The molecule has 144 valence electrons. The molecule has 0 unspecified atom stereocenters. The third-order valence-electron chi connectivity index (χ3n) is 5.35. The van der Waals surface area contributed by atoms with Gasteiger partial charge in [-0.25, -0.2) is 4.79 Å². The number of amides is 1. The summed E-state index contributed by atoms with van der Waals surface area (Å²) in [4.78, 5) is 29.8. The molecule has 5 heteroatoms. The second-order valence-electron chi connectivity index (χ2n) is 7.67. The normalized spacial score (nSPS) is 15.1. The highest BCUT2D eigenvalue weighted by Gasteiger charge is 2.23. The Labute approximate surface area is 160 Å². The average molecular weight is 368 g/mol. The lowest BCUT2D eigenvalue weighted by Gasteiger charge is -2.18. The first-order chi connectivity index (χ1) is 13.0. The summed E-state index contributed by atoms with van der Waals surface area (Å²) >= 11 is 0. The Hall–Kier alpha value is -2.43. The van der Waals surface area contributed by atoms with E-state index in [1.54, 1.807) is 0 Å². The Kier molecular flexibility index (Phi) is 6.09. The lowest BCUT2D eigenvalue weighted by Crippen LogP contribution is -2.38. The Bertz CT molecular complexity index is 845. The van der Waals surface area contributed by atoms with E-state index in [0.29, 0.717) is 11.5 Å². The zero-order valence-electron chi connectivity index (χ0n) is 16.4. The highest BCUT2D eigenvalue weighted by molar-refractivity contribution is 6.05. The van der Waals surface area contributed by atoms with Gasteiger partial charge in [-0.3, -0.25) is 9.78 Å². The Morgan fingerprint density at radius 1 is 1.11 bits per heavy atom. The van der Waals surface area contributed by atoms with Crippen LogP contribution in [0.4, 0.5) is 0 Å². The summed E-state index contributed by atoms with van der Waals surface area (Å²) in [6, 6.07) is 7.70. The van der Waals surface area contributed by atoms with Crippen molar-refractivity contribution >= 4 is 22.8 Å². The SMILES string of the molecule is CC(C)[C@@H](C)NC(=O)COC(=O)c1c2c(nc3ccccc13)CCCCC2. The molecule has 1 aromatic carbocycles. The number of fused-ring (bicyclic) bond motifs is 2. The maximum absolute atomic E-state index is 12.9. The Morgan fingerprint density at radius 3 is 2.63 bits per heavy atom. The van der Waals surface area contributed by atoms with Gasteiger partial charge in [0, 0.05) is 17.1 Å². The largest absolute Gasteiger partial charge is 0.452 e. The number of aromatic nitrogens is 1. The standard InChI is InChI=1S/C22H28N2O3/c1-14(2)15(3)23-20(25)13-27-22(26)21-16-9-5-4-6-11-18(16)24-19-12-8-7-10-17(19)21/h7-8,10,12,14-15H,4-6,9,11,13H2,1-3H3,(H,23,25)/t15-/m1/s1. The topological polar surface area (TPSA) is 68.3 Å². The van der Waals surface area contributed by atoms with Gasteiger partial charge >= 0.3 is 5.97 Å². The van der Waals surface area contributed by atoms with Gasteiger partial charge in [0.15, 0.2) is 6.61 Å². The summed E-state index contributed by atoms with van der Waals surface area (Å²) in [5, 5.41) is 3.67. The van der Waals surface area contributed by atoms with Crippen LogP contribution in [0.1, 0.15) is 61.6 Å². The van der Waals surface area contributed by atoms with E-state index < -0.39 is 5.97 Å². The van der Waals surface area contributed by atoms with Crippen LogP contribution in [0, 0.1) is 5.92 Å². The number of para-hydroxylation sites is 1. The summed E-state index contributed by atoms with van der Waals surface area (Å²) in [7, 11) is 0. The predicted octanol–water partition coefficient (Wildman–Crippen LogP) is 3.82. The number of nitrogens with one attached hydrogen (secondary N) is 1. The van der Waals surface area contributed by atoms with Crippen LogP contribution in [0.3, 0.4) is 0 Å². The van der Waals surface area contributed by atoms with E-state index in [2.05, 4.69) is 5.32 Å². The molecule has 0 fully saturated rings. The Balaban J connectivity index is 1.85. The predicted molar refractivity (Wildman–Crippen MR) is 106 cm³/mol. The number of rotatable bonds is 5. The van der Waals surface area contributed by atoms with Crippen molar-refractivity contribution in [2.45, 2.75) is 58.9 Å². The molecular formula is C22H28N2O3. The summed E-state index contributed by atoms with van der Waals surface area (Å²) in [5.74, 6) is -0.377. The minimum atomic E-state index is -0.431. The van der Waals surface area contributed by atoms with Crippen molar-refractivity contribution in [2.24, 2.45) is 5.92 Å². The zero-order valence-corrected chi connectivity index (χ0v) is 16.4. The molecule has 3 rings (SSSR count). The van der Waals surface area contributed by atoms with Gasteiger partial charge in [0.05, 0.1) is 11.1 Å². The molecule has 1 aliphatic rings. The van der Waals surface area contributed by atoms with Gasteiger partial charge in [0.1, 0.15) is 0 Å². The van der Waals surface area contributed by atoms with Crippen molar-refractivity contribution in [2.75, 3.05) is 6.61 Å². The molecule has 0 saturated heterocycles. The highest BCUT2D eigenvalue weighted by Crippen LogP contribution is 2.29. The quantitative estimate of drug-likeness (QED) is 0.643. The molecule has 27 heavy (non-hydrogen) atoms. The fraction of sp³-hybridized carbons (Fsp3) is 0.500. The average Bonchev–Trinajstić information content (AvgIpc) is 2.89. The molecule has 2 aromatic rings. The molecule has 1 aliphatic carbocycles. The number of hydrogen-bond acceptors (Lipinski definition) is 4. The lowest BCUT2D eigenvalue weighted by molar-refractivity contribution is -0.125. The van der Waals surface area contributed by atoms with Crippen LogP contribution >= 0.6 is 0 Å². The number of hydrogen-bond donors (Lipinski definition) is 1. The first-order valence-electron chi connectivity index (χ1n) is 9.84. The molecule has 1 aromatic heterocycles. The summed E-state index contributed by atoms with van der Waals surface area (Å²) in [6.45, 7) is 5.76. The number of pyridine rings is 1. The monoisotopic (exact) mass is 368 g/mol. The van der Waals surface area contributed by atoms with E-state index >= 15 is 0 Å². The molecule has 5 nitrogen and oxygen atoms in total. The summed E-state index contributed by atoms with van der Waals surface area (Å²) < 4.78 is 5.41. The van der Waals surface area contributed by atoms with Gasteiger partial charge in [0.25, 0.3) is 5.91 Å². The second kappa shape index (κ2) is 8.51. The molecule has 1 atom stereocenters. The number of ether oxygens (including phenoxy) is 1. The minimum Gasteiger partial charge on any atom is -0.452 e. The third-order valence-corrected chi connectivity index (χ3v) is 5.35. The van der Waals surface area contributed by atoms with E-state index in [9.17, 15) is 9.59 Å². The third kappa shape index (κ3) is 4.46. The van der Waals surface area contributed by atoms with Crippen molar-refractivity contribution in [3.8, 4) is 0 Å². The molecule has 0 spiro atoms. The van der Waals surface area contributed by atoms with Crippen molar-refractivity contribution < 1.29 is 14.3 Å². The molecule has 0 radical (unpaired) electrons. The summed E-state index contributed by atoms with van der Waals surface area (Å²) in [5.41, 5.74) is 3.38. The van der Waals surface area contributed by atoms with Gasteiger partial charge in [-0.1, -0.05) is 38.5 Å². The maximum Gasteiger partial charge on any atom is 0.339 e. The number of aryl methyl sites for hydroxylation is 1. The zero-order chi connectivity index (χ0) is 19.4. The van der Waals surface area contributed by atoms with Crippen molar-refractivity contribution in [3.63, 3.8) is 0 Å². The number of esters is 1. The minimum absolute atomic E-state index is 0.0363. The first-order valence-corrected chi connectivity index (χ1v) is 9.84. The smallest absolute Gasteiger partial charge is 0.339 e. The van der Waals surface area contributed by atoms with Crippen molar-refractivity contribution in [3.05, 3.63) is 41.1 Å². The highest BCUT2D eigenvalue weighted by atomic mass is 16.5. The van der Waals surface area contributed by atoms with Crippen molar-refractivity contribution in [1.82, 2.24) is 10.3 Å². The van der Waals surface area contributed by atoms with Gasteiger partial charge in [-0.05, 0) is 50.2 Å². The van der Waals surface area contributed by atoms with E-state index in [-0.39, 0.29) is 18.6 Å².